The van der Waals surface area contributed by atoms with Crippen LogP contribution >= 0.6 is 0 Å². The van der Waals surface area contributed by atoms with Crippen molar-refractivity contribution in [3.05, 3.63) is 17.5 Å². The molecule has 0 atom stereocenters. The Hall–Kier alpha value is -0.206. The van der Waals surface area contributed by atoms with E-state index in [1.165, 1.54) is 5.56 Å². The van der Waals surface area contributed by atoms with Crippen molar-refractivity contribution < 1.29 is 18.6 Å². The quantitative estimate of drug-likeness (QED) is 0.735. The normalized spacial score (nSPS) is 10.5. The summed E-state index contributed by atoms with van der Waals surface area (Å²) in [6.07, 6.45) is 1.88. The second-order valence-electron chi connectivity index (χ2n) is 3.49. The van der Waals surface area contributed by atoms with Gasteiger partial charge in [0.15, 0.2) is 0 Å². The molecule has 1 rings (SSSR count). The molecule has 0 spiro atoms. The fourth-order valence-corrected chi connectivity index (χ4v) is 1.17. The van der Waals surface area contributed by atoms with Gasteiger partial charge in [0.25, 0.3) is 0 Å². The third-order valence-corrected chi connectivity index (χ3v) is 1.83. The van der Waals surface area contributed by atoms with E-state index in [-0.39, 0.29) is 18.6 Å². The van der Waals surface area contributed by atoms with Crippen molar-refractivity contribution >= 4 is 0 Å². The summed E-state index contributed by atoms with van der Waals surface area (Å²) in [4.78, 5) is 0. The molecule has 0 unspecified atom stereocenters. The van der Waals surface area contributed by atoms with Crippen LogP contribution in [-0.4, -0.2) is 5.10 Å². The van der Waals surface area contributed by atoms with Gasteiger partial charge in [0, 0.05) is 24.8 Å². The molecule has 67 valence electrons. The summed E-state index contributed by atoms with van der Waals surface area (Å²) in [5, 5.41) is 8.00. The topological polar surface area (TPSA) is 27.0 Å². The predicted octanol–water partition coefficient (Wildman–Crippen LogP) is 2.28. The summed E-state index contributed by atoms with van der Waals surface area (Å²) in [5.74, 6) is 1.04. The van der Waals surface area contributed by atoms with Crippen LogP contribution in [0.25, 0.3) is 0 Å². The van der Waals surface area contributed by atoms with E-state index in [0.29, 0.717) is 11.8 Å². The molecule has 3 heteroatoms. The van der Waals surface area contributed by atoms with Crippen LogP contribution in [0.4, 0.5) is 0 Å². The molecule has 0 fully saturated rings. The van der Waals surface area contributed by atoms with Crippen LogP contribution in [0, 0.1) is 0 Å². The zero-order chi connectivity index (χ0) is 8.43. The van der Waals surface area contributed by atoms with Crippen molar-refractivity contribution in [3.63, 3.8) is 0 Å². The minimum Gasteiger partial charge on any atom is -0.578 e. The van der Waals surface area contributed by atoms with Gasteiger partial charge in [-0.1, -0.05) is 27.7 Å². The molecule has 12 heavy (non-hydrogen) atoms. The maximum Gasteiger partial charge on any atom is 0.00572 e. The van der Waals surface area contributed by atoms with Crippen molar-refractivity contribution in [2.75, 3.05) is 0 Å². The van der Waals surface area contributed by atoms with Gasteiger partial charge in [0.1, 0.15) is 0 Å². The molecule has 0 saturated carbocycles. The first-order valence-corrected chi connectivity index (χ1v) is 4.11. The van der Waals surface area contributed by atoms with Gasteiger partial charge in [0.2, 0.25) is 0 Å². The van der Waals surface area contributed by atoms with Crippen molar-refractivity contribution in [2.45, 2.75) is 39.5 Å². The summed E-state index contributed by atoms with van der Waals surface area (Å²) >= 11 is 0. The molecule has 0 bridgehead atoms. The monoisotopic (exact) mass is 202 g/mol. The summed E-state index contributed by atoms with van der Waals surface area (Å²) in [5.41, 5.74) is 2.44. The van der Waals surface area contributed by atoms with E-state index in [0.717, 1.165) is 5.69 Å². The molecular formula is C9H15N2V-. The number of rotatable bonds is 2. The Bertz CT molecular complexity index is 206. The van der Waals surface area contributed by atoms with E-state index < -0.39 is 0 Å². The SMILES string of the molecule is CC(C)c1cn[n-]c1C(C)C.[V]. The maximum atomic E-state index is 4.09. The van der Waals surface area contributed by atoms with Gasteiger partial charge in [-0.2, -0.15) is 0 Å². The van der Waals surface area contributed by atoms with Crippen LogP contribution in [-0.2, 0) is 18.6 Å². The number of aromatic nitrogens is 2. The molecule has 2 nitrogen and oxygen atoms in total. The van der Waals surface area contributed by atoms with Gasteiger partial charge in [-0.05, 0) is 17.4 Å². The minimum atomic E-state index is 0. The van der Waals surface area contributed by atoms with Gasteiger partial charge in [0.05, 0.1) is 0 Å². The molecular weight excluding hydrogens is 187 g/mol. The van der Waals surface area contributed by atoms with E-state index in [1.807, 2.05) is 6.20 Å². The molecule has 1 aromatic heterocycles. The third-order valence-electron chi connectivity index (χ3n) is 1.83. The fraction of sp³-hybridized carbons (Fsp3) is 0.667. The molecule has 0 aliphatic heterocycles. The molecule has 0 amide bonds. The first-order chi connectivity index (χ1) is 5.13. The standard InChI is InChI=1S/C9H15N2.V/c1-6(2)8-5-10-11-9(8)7(3)4;/h5-7H,1-4H3;/q-1;. The van der Waals surface area contributed by atoms with E-state index in [4.69, 9.17) is 0 Å². The number of hydrogen-bond acceptors (Lipinski definition) is 1. The Labute approximate surface area is 86.0 Å². The van der Waals surface area contributed by atoms with Gasteiger partial charge in [-0.3, -0.25) is 0 Å². The molecule has 0 aromatic carbocycles. The van der Waals surface area contributed by atoms with Crippen LogP contribution in [0.1, 0.15) is 50.8 Å². The molecule has 0 saturated heterocycles. The van der Waals surface area contributed by atoms with Crippen molar-refractivity contribution in [1.29, 1.82) is 0 Å². The average Bonchev–Trinajstić information content (AvgIpc) is 2.32. The van der Waals surface area contributed by atoms with Crippen LogP contribution < -0.4 is 5.10 Å². The smallest absolute Gasteiger partial charge is 0.00572 e. The van der Waals surface area contributed by atoms with Crippen LogP contribution in [0.5, 0.6) is 0 Å². The van der Waals surface area contributed by atoms with Gasteiger partial charge in [-0.15, -0.1) is 5.69 Å². The Morgan fingerprint density at radius 1 is 1.17 bits per heavy atom. The first kappa shape index (κ1) is 11.8. The van der Waals surface area contributed by atoms with Crippen LogP contribution in [0.2, 0.25) is 0 Å². The molecule has 1 radical (unpaired) electrons. The largest absolute Gasteiger partial charge is 0.578 e. The second-order valence-corrected chi connectivity index (χ2v) is 3.49. The summed E-state index contributed by atoms with van der Waals surface area (Å²) in [6.45, 7) is 8.64. The number of nitrogens with zero attached hydrogens (tertiary/aromatic N) is 2. The second kappa shape index (κ2) is 4.73. The summed E-state index contributed by atoms with van der Waals surface area (Å²) in [6, 6.07) is 0. The molecule has 0 aliphatic rings. The molecule has 0 aliphatic carbocycles. The Balaban J connectivity index is 0.00000121. The van der Waals surface area contributed by atoms with Crippen LogP contribution in [0.15, 0.2) is 6.20 Å². The molecule has 0 N–H and O–H groups in total. The number of hydrogen-bond donors (Lipinski definition) is 0. The van der Waals surface area contributed by atoms with Gasteiger partial charge >= 0.3 is 0 Å². The molecule has 1 heterocycles. The summed E-state index contributed by atoms with van der Waals surface area (Å²) in [7, 11) is 0. The van der Waals surface area contributed by atoms with Gasteiger partial charge in [-0.25, -0.2) is 0 Å². The zero-order valence-electron chi connectivity index (χ0n) is 8.07. The Kier molecular flexibility index (Phi) is 4.65. The maximum absolute atomic E-state index is 4.09. The van der Waals surface area contributed by atoms with Crippen LogP contribution in [0.3, 0.4) is 0 Å². The van der Waals surface area contributed by atoms with Crippen molar-refractivity contribution in [3.8, 4) is 0 Å². The Morgan fingerprint density at radius 2 is 1.75 bits per heavy atom. The average molecular weight is 202 g/mol. The minimum absolute atomic E-state index is 0. The van der Waals surface area contributed by atoms with Crippen molar-refractivity contribution in [2.24, 2.45) is 0 Å². The summed E-state index contributed by atoms with van der Waals surface area (Å²) < 4.78 is 0. The Morgan fingerprint density at radius 3 is 2.08 bits per heavy atom. The predicted molar refractivity (Wildman–Crippen MR) is 45.7 cm³/mol. The van der Waals surface area contributed by atoms with Crippen molar-refractivity contribution in [1.82, 2.24) is 10.2 Å². The molecule has 1 aromatic rings. The third kappa shape index (κ3) is 2.39. The first-order valence-electron chi connectivity index (χ1n) is 4.11. The van der Waals surface area contributed by atoms with E-state index >= 15 is 0 Å². The van der Waals surface area contributed by atoms with Gasteiger partial charge < -0.3 is 10.2 Å². The fourth-order valence-electron chi connectivity index (χ4n) is 1.17. The van der Waals surface area contributed by atoms with E-state index in [9.17, 15) is 0 Å². The zero-order valence-corrected chi connectivity index (χ0v) is 9.47. The van der Waals surface area contributed by atoms with E-state index in [1.54, 1.807) is 0 Å². The van der Waals surface area contributed by atoms with E-state index in [2.05, 4.69) is 37.9 Å².